The average Bonchev–Trinajstić information content (AvgIpc) is 3.56. The Morgan fingerprint density at radius 2 is 1.87 bits per heavy atom. The van der Waals surface area contributed by atoms with Crippen molar-refractivity contribution in [3.63, 3.8) is 0 Å². The molecule has 0 unspecified atom stereocenters. The summed E-state index contributed by atoms with van der Waals surface area (Å²) in [7, 11) is 0. The molecule has 5 N–H and O–H groups in total. The molecule has 194 valence electrons. The van der Waals surface area contributed by atoms with Crippen molar-refractivity contribution in [1.82, 2.24) is 14.7 Å². The van der Waals surface area contributed by atoms with E-state index in [0.717, 1.165) is 53.7 Å². The Bertz CT molecular complexity index is 1530. The summed E-state index contributed by atoms with van der Waals surface area (Å²) >= 11 is 0.791. The van der Waals surface area contributed by atoms with E-state index in [0.29, 0.717) is 11.3 Å². The molecule has 9 nitrogen and oxygen atoms in total. The standard InChI is InChI=1S/C28H28N6O3S/c1-16-6-4-10-20(14-16)34(28(37)25-22(29)23(26(30)35)33-38-25)24(27(36)32-19-8-2-3-9-19)18-11-12-21-17(15-18)7-5-13-31-21/h4-7,10-15,19,24H,2-3,8-9,29H2,1H3,(H2,30,35)(H,32,36)/t24-/m0/s1. The Kier molecular flexibility index (Phi) is 7.06. The van der Waals surface area contributed by atoms with E-state index in [1.54, 1.807) is 12.3 Å². The number of pyridine rings is 1. The van der Waals surface area contributed by atoms with Crippen LogP contribution < -0.4 is 21.7 Å². The summed E-state index contributed by atoms with van der Waals surface area (Å²) in [5.41, 5.74) is 14.1. The van der Waals surface area contributed by atoms with Crippen LogP contribution in [0.15, 0.2) is 60.8 Å². The number of nitrogen functional groups attached to an aromatic ring is 1. The SMILES string of the molecule is Cc1cccc(N(C(=O)c2snc(C(N)=O)c2N)[C@H](C(=O)NC2CCCC2)c2ccc3ncccc3c2)c1. The first kappa shape index (κ1) is 25.3. The monoisotopic (exact) mass is 528 g/mol. The minimum absolute atomic E-state index is 0.0384. The number of anilines is 2. The first-order valence-electron chi connectivity index (χ1n) is 12.4. The number of amides is 3. The van der Waals surface area contributed by atoms with Gasteiger partial charge in [-0.2, -0.15) is 4.37 Å². The number of aromatic nitrogens is 2. The van der Waals surface area contributed by atoms with Crippen molar-refractivity contribution in [3.8, 4) is 0 Å². The number of rotatable bonds is 7. The molecule has 0 spiro atoms. The number of fused-ring (bicyclic) bond motifs is 1. The van der Waals surface area contributed by atoms with Crippen molar-refractivity contribution in [2.75, 3.05) is 10.6 Å². The topological polar surface area (TPSA) is 144 Å². The van der Waals surface area contributed by atoms with Crippen LogP contribution in [0.5, 0.6) is 0 Å². The molecule has 0 radical (unpaired) electrons. The maximum absolute atomic E-state index is 14.2. The quantitative estimate of drug-likeness (QED) is 0.329. The first-order valence-corrected chi connectivity index (χ1v) is 13.2. The van der Waals surface area contributed by atoms with Gasteiger partial charge in [-0.1, -0.05) is 37.1 Å². The molecular formula is C28H28N6O3S. The lowest BCUT2D eigenvalue weighted by Crippen LogP contribution is -2.46. The Balaban J connectivity index is 1.68. The molecule has 2 aromatic carbocycles. The fourth-order valence-electron chi connectivity index (χ4n) is 4.93. The molecule has 4 aromatic rings. The molecule has 10 heteroatoms. The van der Waals surface area contributed by atoms with Gasteiger partial charge in [-0.25, -0.2) is 0 Å². The van der Waals surface area contributed by atoms with Gasteiger partial charge in [0.05, 0.1) is 11.2 Å². The summed E-state index contributed by atoms with van der Waals surface area (Å²) in [6, 6.07) is 15.6. The van der Waals surface area contributed by atoms with Gasteiger partial charge in [-0.05, 0) is 72.8 Å². The van der Waals surface area contributed by atoms with Crippen LogP contribution in [0.25, 0.3) is 10.9 Å². The lowest BCUT2D eigenvalue weighted by molar-refractivity contribution is -0.123. The number of primary amides is 1. The van der Waals surface area contributed by atoms with Crippen LogP contribution in [0.3, 0.4) is 0 Å². The predicted octanol–water partition coefficient (Wildman–Crippen LogP) is 4.13. The average molecular weight is 529 g/mol. The van der Waals surface area contributed by atoms with E-state index in [-0.39, 0.29) is 28.2 Å². The minimum atomic E-state index is -1.02. The number of carbonyl (C=O) groups excluding carboxylic acids is 3. The summed E-state index contributed by atoms with van der Waals surface area (Å²) in [6.45, 7) is 1.91. The summed E-state index contributed by atoms with van der Waals surface area (Å²) in [5.74, 6) is -1.67. The summed E-state index contributed by atoms with van der Waals surface area (Å²) in [6.07, 6.45) is 5.58. The molecular weight excluding hydrogens is 500 g/mol. The van der Waals surface area contributed by atoms with Crippen LogP contribution in [0.4, 0.5) is 11.4 Å². The summed E-state index contributed by atoms with van der Waals surface area (Å²) in [5, 5.41) is 4.01. The van der Waals surface area contributed by atoms with Crippen molar-refractivity contribution in [3.05, 3.63) is 82.5 Å². The van der Waals surface area contributed by atoms with Gasteiger partial charge < -0.3 is 16.8 Å². The van der Waals surface area contributed by atoms with Crippen LogP contribution in [0.2, 0.25) is 0 Å². The smallest absolute Gasteiger partial charge is 0.273 e. The molecule has 1 fully saturated rings. The van der Waals surface area contributed by atoms with Crippen LogP contribution in [-0.2, 0) is 4.79 Å². The Hall–Kier alpha value is -4.31. The molecule has 1 aliphatic rings. The number of benzene rings is 2. The normalized spacial score (nSPS) is 14.3. The molecule has 0 aliphatic heterocycles. The molecule has 1 saturated carbocycles. The highest BCUT2D eigenvalue weighted by molar-refractivity contribution is 7.09. The third-order valence-electron chi connectivity index (χ3n) is 6.81. The molecule has 2 aromatic heterocycles. The van der Waals surface area contributed by atoms with Crippen LogP contribution >= 0.6 is 11.5 Å². The van der Waals surface area contributed by atoms with E-state index >= 15 is 0 Å². The van der Waals surface area contributed by atoms with Crippen molar-refractivity contribution >= 4 is 51.5 Å². The van der Waals surface area contributed by atoms with E-state index in [4.69, 9.17) is 11.5 Å². The first-order chi connectivity index (χ1) is 18.3. The fourth-order valence-corrected chi connectivity index (χ4v) is 5.67. The molecule has 5 rings (SSSR count). The van der Waals surface area contributed by atoms with Crippen molar-refractivity contribution in [2.45, 2.75) is 44.7 Å². The molecule has 0 saturated heterocycles. The van der Waals surface area contributed by atoms with Gasteiger partial charge in [0, 0.05) is 23.3 Å². The zero-order chi connectivity index (χ0) is 26.8. The second-order valence-electron chi connectivity index (χ2n) is 9.50. The number of aryl methyl sites for hydroxylation is 1. The Morgan fingerprint density at radius 1 is 1.08 bits per heavy atom. The maximum Gasteiger partial charge on any atom is 0.273 e. The number of nitrogens with one attached hydrogen (secondary N) is 1. The summed E-state index contributed by atoms with van der Waals surface area (Å²) < 4.78 is 4.02. The Labute approximate surface area is 224 Å². The van der Waals surface area contributed by atoms with Gasteiger partial charge in [0.2, 0.25) is 5.91 Å². The second kappa shape index (κ2) is 10.6. The third-order valence-corrected chi connectivity index (χ3v) is 7.66. The van der Waals surface area contributed by atoms with Crippen LogP contribution in [0, 0.1) is 6.92 Å². The molecule has 0 bridgehead atoms. The number of hydrogen-bond acceptors (Lipinski definition) is 7. The molecule has 2 heterocycles. The zero-order valence-corrected chi connectivity index (χ0v) is 21.7. The lowest BCUT2D eigenvalue weighted by atomic mass is 9.99. The number of hydrogen-bond donors (Lipinski definition) is 3. The van der Waals surface area contributed by atoms with Crippen LogP contribution in [0.1, 0.15) is 63.0 Å². The third kappa shape index (κ3) is 4.95. The Morgan fingerprint density at radius 3 is 2.58 bits per heavy atom. The largest absolute Gasteiger partial charge is 0.395 e. The minimum Gasteiger partial charge on any atom is -0.395 e. The van der Waals surface area contributed by atoms with Gasteiger partial charge >= 0.3 is 0 Å². The lowest BCUT2D eigenvalue weighted by Gasteiger charge is -2.32. The van der Waals surface area contributed by atoms with Crippen molar-refractivity contribution in [2.24, 2.45) is 5.73 Å². The molecule has 38 heavy (non-hydrogen) atoms. The molecule has 1 aliphatic carbocycles. The van der Waals surface area contributed by atoms with Crippen molar-refractivity contribution in [1.29, 1.82) is 0 Å². The predicted molar refractivity (Wildman–Crippen MR) is 148 cm³/mol. The van der Waals surface area contributed by atoms with E-state index in [1.807, 2.05) is 55.5 Å². The van der Waals surface area contributed by atoms with Gasteiger partial charge in [-0.3, -0.25) is 24.3 Å². The van der Waals surface area contributed by atoms with Gasteiger partial charge in [0.25, 0.3) is 11.8 Å². The second-order valence-corrected chi connectivity index (χ2v) is 10.3. The summed E-state index contributed by atoms with van der Waals surface area (Å²) in [4.78, 5) is 45.9. The van der Waals surface area contributed by atoms with Crippen LogP contribution in [-0.4, -0.2) is 33.1 Å². The molecule has 3 amide bonds. The van der Waals surface area contributed by atoms with E-state index in [1.165, 1.54) is 4.90 Å². The highest BCUT2D eigenvalue weighted by Crippen LogP contribution is 2.35. The fraction of sp³-hybridized carbons (Fsp3) is 0.250. The molecule has 1 atom stereocenters. The highest BCUT2D eigenvalue weighted by Gasteiger charge is 2.37. The van der Waals surface area contributed by atoms with E-state index in [2.05, 4.69) is 14.7 Å². The highest BCUT2D eigenvalue weighted by atomic mass is 32.1. The number of nitrogens with zero attached hydrogens (tertiary/aromatic N) is 3. The van der Waals surface area contributed by atoms with E-state index < -0.39 is 17.9 Å². The van der Waals surface area contributed by atoms with Gasteiger partial charge in [0.1, 0.15) is 10.9 Å². The van der Waals surface area contributed by atoms with Gasteiger partial charge in [-0.15, -0.1) is 0 Å². The van der Waals surface area contributed by atoms with Gasteiger partial charge in [0.15, 0.2) is 5.69 Å². The van der Waals surface area contributed by atoms with Crippen molar-refractivity contribution < 1.29 is 14.4 Å². The van der Waals surface area contributed by atoms with E-state index in [9.17, 15) is 14.4 Å². The number of carbonyl (C=O) groups is 3. The number of nitrogens with two attached hydrogens (primary N) is 2. The zero-order valence-electron chi connectivity index (χ0n) is 20.9. The maximum atomic E-state index is 14.2.